The number of halogens is 2. The molecular formula is C25H19ClFN3O2. The van der Waals surface area contributed by atoms with Gasteiger partial charge in [-0.25, -0.2) is 4.39 Å². The van der Waals surface area contributed by atoms with Gasteiger partial charge in [0.05, 0.1) is 18.8 Å². The number of aromatic nitrogens is 2. The molecule has 0 saturated carbocycles. The maximum atomic E-state index is 13.7. The van der Waals surface area contributed by atoms with Crippen molar-refractivity contribution >= 4 is 17.5 Å². The highest BCUT2D eigenvalue weighted by atomic mass is 35.5. The zero-order chi connectivity index (χ0) is 22.2. The molecule has 0 bridgehead atoms. The van der Waals surface area contributed by atoms with Gasteiger partial charge in [0, 0.05) is 22.7 Å². The van der Waals surface area contributed by atoms with Gasteiger partial charge in [0.2, 0.25) is 0 Å². The highest BCUT2D eigenvalue weighted by molar-refractivity contribution is 6.30. The number of nitrogens with one attached hydrogen (secondary N) is 1. The van der Waals surface area contributed by atoms with E-state index < -0.39 is 6.04 Å². The molecule has 0 saturated heterocycles. The van der Waals surface area contributed by atoms with Gasteiger partial charge in [-0.3, -0.25) is 9.89 Å². The molecule has 3 aromatic carbocycles. The van der Waals surface area contributed by atoms with Gasteiger partial charge >= 0.3 is 0 Å². The van der Waals surface area contributed by atoms with Gasteiger partial charge in [0.1, 0.15) is 17.3 Å². The lowest BCUT2D eigenvalue weighted by molar-refractivity contribution is 0.0730. The van der Waals surface area contributed by atoms with Crippen molar-refractivity contribution in [3.63, 3.8) is 0 Å². The van der Waals surface area contributed by atoms with Gasteiger partial charge in [-0.15, -0.1) is 0 Å². The molecule has 2 heterocycles. The van der Waals surface area contributed by atoms with E-state index in [-0.39, 0.29) is 11.7 Å². The van der Waals surface area contributed by atoms with Crippen LogP contribution in [0.15, 0.2) is 72.8 Å². The molecule has 0 fully saturated rings. The van der Waals surface area contributed by atoms with E-state index in [2.05, 4.69) is 10.2 Å². The van der Waals surface area contributed by atoms with Crippen LogP contribution >= 0.6 is 11.6 Å². The number of benzene rings is 3. The summed E-state index contributed by atoms with van der Waals surface area (Å²) in [6, 6.07) is 20.7. The molecule has 7 heteroatoms. The minimum absolute atomic E-state index is 0.155. The first-order chi connectivity index (χ1) is 15.5. The van der Waals surface area contributed by atoms with Crippen molar-refractivity contribution < 1.29 is 13.9 Å². The Kier molecular flexibility index (Phi) is 5.15. The zero-order valence-electron chi connectivity index (χ0n) is 17.2. The van der Waals surface area contributed by atoms with Crippen LogP contribution < -0.4 is 4.74 Å². The van der Waals surface area contributed by atoms with E-state index in [4.69, 9.17) is 16.3 Å². The molecule has 1 aromatic heterocycles. The molecule has 160 valence electrons. The molecule has 5 rings (SSSR count). The van der Waals surface area contributed by atoms with Crippen molar-refractivity contribution in [3.8, 4) is 17.0 Å². The summed E-state index contributed by atoms with van der Waals surface area (Å²) in [4.78, 5) is 15.2. The Balaban J connectivity index is 1.60. The van der Waals surface area contributed by atoms with Crippen molar-refractivity contribution in [1.82, 2.24) is 15.1 Å². The van der Waals surface area contributed by atoms with Crippen LogP contribution in [-0.2, 0) is 6.54 Å². The highest BCUT2D eigenvalue weighted by Crippen LogP contribution is 2.43. The monoisotopic (exact) mass is 447 g/mol. The van der Waals surface area contributed by atoms with Gasteiger partial charge in [0.15, 0.2) is 0 Å². The average molecular weight is 448 g/mol. The van der Waals surface area contributed by atoms with Crippen molar-refractivity contribution in [2.75, 3.05) is 7.11 Å². The lowest BCUT2D eigenvalue weighted by atomic mass is 9.96. The number of fused-ring (bicyclic) bond motifs is 1. The molecule has 4 aromatic rings. The fraction of sp³-hybridized carbons (Fsp3) is 0.120. The first-order valence-electron chi connectivity index (χ1n) is 10.1. The van der Waals surface area contributed by atoms with E-state index in [1.54, 1.807) is 36.3 Å². The number of H-pyrrole nitrogens is 1. The number of nitrogens with zero attached hydrogens (tertiary/aromatic N) is 2. The summed E-state index contributed by atoms with van der Waals surface area (Å²) in [6.07, 6.45) is 0. The number of rotatable bonds is 5. The van der Waals surface area contributed by atoms with Gasteiger partial charge in [-0.2, -0.15) is 5.10 Å². The second-order valence-electron chi connectivity index (χ2n) is 7.60. The second-order valence-corrected chi connectivity index (χ2v) is 8.04. The Bertz CT molecular complexity index is 1270. The Morgan fingerprint density at radius 1 is 1.03 bits per heavy atom. The SMILES string of the molecule is COc1ccc(CN2C(=O)c3[nH]nc(-c4ccc(Cl)cc4)c3C2c2ccc(F)cc2)cc1. The van der Waals surface area contributed by atoms with Gasteiger partial charge < -0.3 is 9.64 Å². The Labute approximate surface area is 189 Å². The maximum absolute atomic E-state index is 13.7. The predicted molar refractivity (Wildman–Crippen MR) is 120 cm³/mol. The molecule has 32 heavy (non-hydrogen) atoms. The predicted octanol–water partition coefficient (Wildman–Crippen LogP) is 5.62. The van der Waals surface area contributed by atoms with E-state index >= 15 is 0 Å². The van der Waals surface area contributed by atoms with Crippen molar-refractivity contribution in [3.05, 3.63) is 106 Å². The van der Waals surface area contributed by atoms with Crippen LogP contribution in [0.3, 0.4) is 0 Å². The molecule has 5 nitrogen and oxygen atoms in total. The van der Waals surface area contributed by atoms with E-state index in [0.717, 1.165) is 28.0 Å². The topological polar surface area (TPSA) is 58.2 Å². The first-order valence-corrected chi connectivity index (χ1v) is 10.5. The van der Waals surface area contributed by atoms with Crippen LogP contribution in [0.1, 0.15) is 33.2 Å². The molecule has 1 N–H and O–H groups in total. The molecule has 0 aliphatic carbocycles. The number of methoxy groups -OCH3 is 1. The zero-order valence-corrected chi connectivity index (χ0v) is 17.9. The normalized spacial score (nSPS) is 15.2. The molecular weight excluding hydrogens is 429 g/mol. The lowest BCUT2D eigenvalue weighted by Gasteiger charge is -2.26. The van der Waals surface area contributed by atoms with Crippen molar-refractivity contribution in [2.45, 2.75) is 12.6 Å². The minimum atomic E-state index is -0.412. The Hall–Kier alpha value is -3.64. The molecule has 1 atom stereocenters. The Morgan fingerprint density at radius 3 is 2.38 bits per heavy atom. The molecule has 1 unspecified atom stereocenters. The summed E-state index contributed by atoms with van der Waals surface area (Å²) < 4.78 is 18.9. The molecule has 0 spiro atoms. The summed E-state index contributed by atoms with van der Waals surface area (Å²) in [5.74, 6) is 0.263. The second kappa shape index (κ2) is 8.13. The van der Waals surface area contributed by atoms with Crippen LogP contribution in [0.5, 0.6) is 5.75 Å². The average Bonchev–Trinajstić information content (AvgIpc) is 3.35. The van der Waals surface area contributed by atoms with Crippen molar-refractivity contribution in [2.24, 2.45) is 0 Å². The largest absolute Gasteiger partial charge is 0.497 e. The van der Waals surface area contributed by atoms with Crippen LogP contribution in [0.4, 0.5) is 4.39 Å². The molecule has 1 aliphatic heterocycles. The van der Waals surface area contributed by atoms with Crippen LogP contribution in [0.2, 0.25) is 5.02 Å². The van der Waals surface area contributed by atoms with Crippen LogP contribution in [0.25, 0.3) is 11.3 Å². The number of hydrogen-bond donors (Lipinski definition) is 1. The summed E-state index contributed by atoms with van der Waals surface area (Å²) in [5, 5.41) is 7.98. The van der Waals surface area contributed by atoms with Crippen LogP contribution in [0, 0.1) is 5.82 Å². The number of carbonyl (C=O) groups is 1. The fourth-order valence-corrected chi connectivity index (χ4v) is 4.23. The first kappa shape index (κ1) is 20.3. The van der Waals surface area contributed by atoms with Gasteiger partial charge in [-0.1, -0.05) is 48.0 Å². The number of amides is 1. The summed E-state index contributed by atoms with van der Waals surface area (Å²) in [6.45, 7) is 0.382. The Morgan fingerprint density at radius 2 is 1.72 bits per heavy atom. The van der Waals surface area contributed by atoms with E-state index in [0.29, 0.717) is 23.0 Å². The van der Waals surface area contributed by atoms with Gasteiger partial charge in [0.25, 0.3) is 5.91 Å². The quantitative estimate of drug-likeness (QED) is 0.431. The summed E-state index contributed by atoms with van der Waals surface area (Å²) in [7, 11) is 1.61. The van der Waals surface area contributed by atoms with E-state index in [1.807, 2.05) is 36.4 Å². The summed E-state index contributed by atoms with van der Waals surface area (Å²) >= 11 is 6.05. The number of ether oxygens (including phenoxy) is 1. The van der Waals surface area contributed by atoms with Crippen LogP contribution in [-0.4, -0.2) is 28.1 Å². The third-order valence-electron chi connectivity index (χ3n) is 5.68. The summed E-state index contributed by atoms with van der Waals surface area (Å²) in [5.41, 5.74) is 4.51. The number of carbonyl (C=O) groups excluding carboxylic acids is 1. The lowest BCUT2D eigenvalue weighted by Crippen LogP contribution is -2.29. The van der Waals surface area contributed by atoms with E-state index in [9.17, 15) is 9.18 Å². The maximum Gasteiger partial charge on any atom is 0.273 e. The standard InChI is InChI=1S/C25H19ClFN3O2/c1-32-20-12-2-15(3-13-20)14-30-24(17-6-10-19(27)11-7-17)21-22(28-29-23(21)25(30)31)16-4-8-18(26)9-5-16/h2-13,24H,14H2,1H3,(H,28,29). The number of aromatic amines is 1. The fourth-order valence-electron chi connectivity index (χ4n) is 4.11. The van der Waals surface area contributed by atoms with Crippen molar-refractivity contribution in [1.29, 1.82) is 0 Å². The third-order valence-corrected chi connectivity index (χ3v) is 5.93. The highest BCUT2D eigenvalue weighted by Gasteiger charge is 2.42. The number of hydrogen-bond acceptors (Lipinski definition) is 3. The minimum Gasteiger partial charge on any atom is -0.497 e. The smallest absolute Gasteiger partial charge is 0.273 e. The molecule has 1 amide bonds. The van der Waals surface area contributed by atoms with E-state index in [1.165, 1.54) is 12.1 Å². The molecule has 1 aliphatic rings. The third kappa shape index (κ3) is 3.52. The molecule has 0 radical (unpaired) electrons. The van der Waals surface area contributed by atoms with Gasteiger partial charge in [-0.05, 0) is 47.5 Å².